The van der Waals surface area contributed by atoms with Crippen LogP contribution in [0.15, 0.2) is 42.5 Å². The van der Waals surface area contributed by atoms with Gasteiger partial charge in [-0.15, -0.1) is 10.2 Å². The summed E-state index contributed by atoms with van der Waals surface area (Å²) in [4.78, 5) is 17.0. The Bertz CT molecular complexity index is 1160. The van der Waals surface area contributed by atoms with Gasteiger partial charge in [0.25, 0.3) is 5.91 Å². The van der Waals surface area contributed by atoms with Crippen LogP contribution in [0.3, 0.4) is 0 Å². The Hall–Kier alpha value is -4.21. The second kappa shape index (κ2) is 11.0. The van der Waals surface area contributed by atoms with Crippen LogP contribution in [-0.4, -0.2) is 82.7 Å². The monoisotopic (exact) mass is 494 g/mol. The number of aromatic nitrogens is 2. The summed E-state index contributed by atoms with van der Waals surface area (Å²) in [7, 11) is 7.84. The molecule has 0 spiro atoms. The number of benzene rings is 2. The van der Waals surface area contributed by atoms with Crippen LogP contribution in [-0.2, 0) is 0 Å². The highest BCUT2D eigenvalue weighted by Gasteiger charge is 2.24. The van der Waals surface area contributed by atoms with Crippen molar-refractivity contribution in [3.05, 3.63) is 48.0 Å². The minimum atomic E-state index is -0.0596. The molecule has 1 aromatic heterocycles. The van der Waals surface area contributed by atoms with Gasteiger partial charge in [-0.2, -0.15) is 0 Å². The van der Waals surface area contributed by atoms with Crippen LogP contribution < -0.4 is 28.6 Å². The van der Waals surface area contributed by atoms with Crippen LogP contribution in [0.4, 0.5) is 5.82 Å². The van der Waals surface area contributed by atoms with Gasteiger partial charge < -0.3 is 33.5 Å². The largest absolute Gasteiger partial charge is 0.497 e. The van der Waals surface area contributed by atoms with E-state index in [1.54, 1.807) is 53.7 Å². The van der Waals surface area contributed by atoms with Gasteiger partial charge in [-0.05, 0) is 36.4 Å². The molecular weight excluding hydrogens is 464 g/mol. The average Bonchev–Trinajstić information content (AvgIpc) is 2.95. The highest BCUT2D eigenvalue weighted by Crippen LogP contribution is 2.40. The molecule has 0 aliphatic carbocycles. The Morgan fingerprint density at radius 2 is 1.33 bits per heavy atom. The lowest BCUT2D eigenvalue weighted by molar-refractivity contribution is 0.0745. The predicted octanol–water partition coefficient (Wildman–Crippen LogP) is 3.15. The third kappa shape index (κ3) is 5.07. The number of hydrogen-bond donors (Lipinski definition) is 0. The van der Waals surface area contributed by atoms with Crippen molar-refractivity contribution in [2.45, 2.75) is 0 Å². The molecule has 2 heterocycles. The van der Waals surface area contributed by atoms with Crippen LogP contribution in [0.2, 0.25) is 0 Å². The first kappa shape index (κ1) is 24.9. The van der Waals surface area contributed by atoms with Gasteiger partial charge in [0, 0.05) is 43.4 Å². The Morgan fingerprint density at radius 1 is 0.722 bits per heavy atom. The highest BCUT2D eigenvalue weighted by molar-refractivity contribution is 5.95. The maximum absolute atomic E-state index is 13.1. The molecular formula is C26H30N4O6. The number of ether oxygens (including phenoxy) is 5. The molecule has 0 radical (unpaired) electrons. The zero-order valence-corrected chi connectivity index (χ0v) is 21.1. The minimum absolute atomic E-state index is 0.0596. The quantitative estimate of drug-likeness (QED) is 0.468. The summed E-state index contributed by atoms with van der Waals surface area (Å²) in [5.41, 5.74) is 2.01. The average molecular weight is 495 g/mol. The van der Waals surface area contributed by atoms with Gasteiger partial charge in [0.1, 0.15) is 11.5 Å². The van der Waals surface area contributed by atoms with Gasteiger partial charge in [-0.3, -0.25) is 4.79 Å². The molecule has 3 aromatic rings. The fourth-order valence-corrected chi connectivity index (χ4v) is 4.13. The molecule has 0 saturated carbocycles. The van der Waals surface area contributed by atoms with E-state index in [1.807, 2.05) is 29.2 Å². The van der Waals surface area contributed by atoms with Crippen molar-refractivity contribution in [2.24, 2.45) is 0 Å². The predicted molar refractivity (Wildman–Crippen MR) is 135 cm³/mol. The van der Waals surface area contributed by atoms with Crippen LogP contribution in [0.25, 0.3) is 11.3 Å². The van der Waals surface area contributed by atoms with E-state index in [1.165, 1.54) is 0 Å². The summed E-state index contributed by atoms with van der Waals surface area (Å²) in [6.07, 6.45) is 0. The minimum Gasteiger partial charge on any atom is -0.497 e. The van der Waals surface area contributed by atoms with Crippen molar-refractivity contribution in [2.75, 3.05) is 66.6 Å². The Balaban J connectivity index is 1.44. The molecule has 1 amide bonds. The molecule has 10 heteroatoms. The number of rotatable bonds is 8. The first-order valence-corrected chi connectivity index (χ1v) is 11.4. The first-order valence-electron chi connectivity index (χ1n) is 11.4. The number of amides is 1. The standard InChI is InChI=1S/C26H30N4O6/c1-32-19-12-18(13-20(16-19)33-2)26(31)30-10-8-29(9-11-30)24-7-6-21(27-28-24)17-14-22(34-3)25(36-5)23(15-17)35-4/h6-7,12-16H,8-11H2,1-5H3. The number of piperazine rings is 1. The summed E-state index contributed by atoms with van der Waals surface area (Å²) in [6, 6.07) is 12.7. The van der Waals surface area contributed by atoms with Crippen LogP contribution in [0.1, 0.15) is 10.4 Å². The molecule has 190 valence electrons. The zero-order valence-electron chi connectivity index (χ0n) is 21.1. The van der Waals surface area contributed by atoms with E-state index < -0.39 is 0 Å². The van der Waals surface area contributed by atoms with Gasteiger partial charge in [0.2, 0.25) is 5.75 Å². The molecule has 1 fully saturated rings. The second-order valence-electron chi connectivity index (χ2n) is 8.07. The van der Waals surface area contributed by atoms with Crippen molar-refractivity contribution in [1.82, 2.24) is 15.1 Å². The molecule has 0 atom stereocenters. The van der Waals surface area contributed by atoms with Crippen molar-refractivity contribution in [1.29, 1.82) is 0 Å². The van der Waals surface area contributed by atoms with E-state index >= 15 is 0 Å². The van der Waals surface area contributed by atoms with Crippen molar-refractivity contribution >= 4 is 11.7 Å². The molecule has 1 saturated heterocycles. The van der Waals surface area contributed by atoms with Gasteiger partial charge >= 0.3 is 0 Å². The van der Waals surface area contributed by atoms with E-state index in [9.17, 15) is 4.79 Å². The fraction of sp³-hybridized carbons (Fsp3) is 0.346. The van der Waals surface area contributed by atoms with Gasteiger partial charge in [-0.1, -0.05) is 0 Å². The van der Waals surface area contributed by atoms with E-state index in [2.05, 4.69) is 15.1 Å². The number of nitrogens with zero attached hydrogens (tertiary/aromatic N) is 4. The smallest absolute Gasteiger partial charge is 0.254 e. The van der Waals surface area contributed by atoms with Crippen molar-refractivity contribution < 1.29 is 28.5 Å². The van der Waals surface area contributed by atoms with Crippen molar-refractivity contribution in [3.63, 3.8) is 0 Å². The zero-order chi connectivity index (χ0) is 25.7. The molecule has 0 unspecified atom stereocenters. The molecule has 2 aromatic carbocycles. The molecule has 4 rings (SSSR count). The number of methoxy groups -OCH3 is 5. The lowest BCUT2D eigenvalue weighted by Gasteiger charge is -2.35. The van der Waals surface area contributed by atoms with E-state index in [4.69, 9.17) is 23.7 Å². The van der Waals surface area contributed by atoms with E-state index in [-0.39, 0.29) is 5.91 Å². The fourth-order valence-electron chi connectivity index (χ4n) is 4.13. The van der Waals surface area contributed by atoms with Crippen LogP contribution >= 0.6 is 0 Å². The molecule has 10 nitrogen and oxygen atoms in total. The number of anilines is 1. The van der Waals surface area contributed by atoms with E-state index in [0.29, 0.717) is 66.2 Å². The van der Waals surface area contributed by atoms with Gasteiger partial charge in [0.05, 0.1) is 41.2 Å². The third-order valence-electron chi connectivity index (χ3n) is 6.10. The second-order valence-corrected chi connectivity index (χ2v) is 8.07. The number of carbonyl (C=O) groups is 1. The molecule has 36 heavy (non-hydrogen) atoms. The van der Waals surface area contributed by atoms with Crippen LogP contribution in [0, 0.1) is 0 Å². The van der Waals surface area contributed by atoms with Crippen LogP contribution in [0.5, 0.6) is 28.7 Å². The SMILES string of the molecule is COc1cc(OC)cc(C(=O)N2CCN(c3ccc(-c4cc(OC)c(OC)c(OC)c4)nn3)CC2)c1. The third-order valence-corrected chi connectivity index (χ3v) is 6.10. The maximum atomic E-state index is 13.1. The lowest BCUT2D eigenvalue weighted by Crippen LogP contribution is -2.49. The van der Waals surface area contributed by atoms with Gasteiger partial charge in [-0.25, -0.2) is 0 Å². The maximum Gasteiger partial charge on any atom is 0.254 e. The Labute approximate surface area is 210 Å². The lowest BCUT2D eigenvalue weighted by atomic mass is 10.1. The summed E-state index contributed by atoms with van der Waals surface area (Å²) in [6.45, 7) is 2.42. The molecule has 1 aliphatic heterocycles. The summed E-state index contributed by atoms with van der Waals surface area (Å²) in [5, 5.41) is 8.85. The molecule has 0 bridgehead atoms. The Morgan fingerprint density at radius 3 is 1.81 bits per heavy atom. The number of hydrogen-bond acceptors (Lipinski definition) is 9. The molecule has 0 N–H and O–H groups in total. The van der Waals surface area contributed by atoms with Crippen molar-refractivity contribution in [3.8, 4) is 40.0 Å². The van der Waals surface area contributed by atoms with E-state index in [0.717, 1.165) is 11.4 Å². The summed E-state index contributed by atoms with van der Waals surface area (Å²) < 4.78 is 26.9. The normalized spacial score (nSPS) is 13.2. The topological polar surface area (TPSA) is 95.5 Å². The van der Waals surface area contributed by atoms with Gasteiger partial charge in [0.15, 0.2) is 17.3 Å². The summed E-state index contributed by atoms with van der Waals surface area (Å²) >= 11 is 0. The molecule has 1 aliphatic rings. The number of carbonyl (C=O) groups excluding carboxylic acids is 1. The summed E-state index contributed by atoms with van der Waals surface area (Å²) in [5.74, 6) is 3.47. The Kier molecular flexibility index (Phi) is 7.62. The highest BCUT2D eigenvalue weighted by atomic mass is 16.5. The first-order chi connectivity index (χ1) is 17.5.